The van der Waals surface area contributed by atoms with E-state index in [2.05, 4.69) is 41.0 Å². The van der Waals surface area contributed by atoms with Crippen molar-refractivity contribution >= 4 is 28.1 Å². The predicted octanol–water partition coefficient (Wildman–Crippen LogP) is 2.86. The van der Waals surface area contributed by atoms with Crippen LogP contribution in [0, 0.1) is 13.8 Å². The lowest BCUT2D eigenvalue weighted by molar-refractivity contribution is 0.661. The molecule has 0 aliphatic heterocycles. The van der Waals surface area contributed by atoms with Crippen LogP contribution in [0.4, 0.5) is 0 Å². The van der Waals surface area contributed by atoms with Gasteiger partial charge in [-0.1, -0.05) is 0 Å². The number of aromatic nitrogens is 2. The summed E-state index contributed by atoms with van der Waals surface area (Å²) in [4.78, 5) is 7.01. The van der Waals surface area contributed by atoms with Gasteiger partial charge in [0.1, 0.15) is 0 Å². The van der Waals surface area contributed by atoms with Crippen LogP contribution >= 0.6 is 23.1 Å². The second-order valence-electron chi connectivity index (χ2n) is 4.16. The molecule has 0 aromatic carbocycles. The fourth-order valence-corrected chi connectivity index (χ4v) is 3.19. The normalized spacial score (nSPS) is 11.5. The largest absolute Gasteiger partial charge is 0.311 e. The predicted molar refractivity (Wildman–Crippen MR) is 77.2 cm³/mol. The van der Waals surface area contributed by atoms with Gasteiger partial charge in [0.15, 0.2) is 4.96 Å². The number of nitrogens with zero attached hydrogens (tertiary/aromatic N) is 2. The molecule has 0 amide bonds. The van der Waals surface area contributed by atoms with Gasteiger partial charge in [-0.05, 0) is 38.8 Å². The fourth-order valence-electron chi connectivity index (χ4n) is 1.87. The molecule has 2 rings (SSSR count). The van der Waals surface area contributed by atoms with E-state index in [1.54, 1.807) is 11.3 Å². The molecule has 94 valence electrons. The molecule has 0 aliphatic carbocycles. The highest BCUT2D eigenvalue weighted by Crippen LogP contribution is 2.20. The smallest absolute Gasteiger partial charge is 0.194 e. The van der Waals surface area contributed by atoms with Gasteiger partial charge in [-0.3, -0.25) is 4.40 Å². The van der Waals surface area contributed by atoms with Gasteiger partial charge < -0.3 is 5.32 Å². The Hall–Kier alpha value is -0.520. The van der Waals surface area contributed by atoms with Gasteiger partial charge in [0, 0.05) is 17.6 Å². The molecule has 2 aromatic rings. The molecule has 2 aromatic heterocycles. The number of imidazole rings is 1. The molecule has 2 heterocycles. The summed E-state index contributed by atoms with van der Waals surface area (Å²) < 4.78 is 2.22. The van der Waals surface area contributed by atoms with Crippen LogP contribution in [0.3, 0.4) is 0 Å². The Balaban J connectivity index is 1.99. The summed E-state index contributed by atoms with van der Waals surface area (Å²) in [7, 11) is 0. The minimum Gasteiger partial charge on any atom is -0.311 e. The minimum absolute atomic E-state index is 0.914. The van der Waals surface area contributed by atoms with Crippen LogP contribution in [0.2, 0.25) is 0 Å². The molecule has 0 saturated carbocycles. The van der Waals surface area contributed by atoms with E-state index in [1.165, 1.54) is 22.7 Å². The molecule has 0 aliphatic rings. The van der Waals surface area contributed by atoms with Gasteiger partial charge >= 0.3 is 0 Å². The van der Waals surface area contributed by atoms with E-state index in [1.807, 2.05) is 11.8 Å². The molecule has 0 spiro atoms. The first-order valence-electron chi connectivity index (χ1n) is 5.86. The van der Waals surface area contributed by atoms with E-state index in [9.17, 15) is 0 Å². The molecule has 1 N–H and O–H groups in total. The summed E-state index contributed by atoms with van der Waals surface area (Å²) in [6.07, 6.45) is 5.56. The fraction of sp³-hybridized carbons (Fsp3) is 0.583. The van der Waals surface area contributed by atoms with Crippen molar-refractivity contribution in [1.82, 2.24) is 14.7 Å². The minimum atomic E-state index is 0.914. The molecule has 0 unspecified atom stereocenters. The lowest BCUT2D eigenvalue weighted by Gasteiger charge is -2.04. The van der Waals surface area contributed by atoms with Gasteiger partial charge in [-0.2, -0.15) is 11.8 Å². The summed E-state index contributed by atoms with van der Waals surface area (Å²) >= 11 is 3.66. The lowest BCUT2D eigenvalue weighted by atomic mass is 10.3. The standard InChI is InChI=1S/C12H19N3S2/c1-9-8-15-11(7-13-5-4-6-16-3)10(2)14-12(15)17-9/h8,13H,4-7H2,1-3H3. The van der Waals surface area contributed by atoms with Crippen molar-refractivity contribution in [2.24, 2.45) is 0 Å². The maximum atomic E-state index is 4.59. The van der Waals surface area contributed by atoms with Crippen molar-refractivity contribution in [3.63, 3.8) is 0 Å². The van der Waals surface area contributed by atoms with Crippen LogP contribution < -0.4 is 5.32 Å². The van der Waals surface area contributed by atoms with Gasteiger partial charge in [0.2, 0.25) is 0 Å². The van der Waals surface area contributed by atoms with E-state index >= 15 is 0 Å². The van der Waals surface area contributed by atoms with Gasteiger partial charge in [-0.25, -0.2) is 4.98 Å². The molecule has 5 heteroatoms. The first-order valence-corrected chi connectivity index (χ1v) is 8.07. The summed E-state index contributed by atoms with van der Waals surface area (Å²) in [6.45, 7) is 6.21. The van der Waals surface area contributed by atoms with Crippen molar-refractivity contribution < 1.29 is 0 Å². The molecule has 0 fully saturated rings. The Morgan fingerprint density at radius 3 is 3.06 bits per heavy atom. The molecule has 0 saturated heterocycles. The van der Waals surface area contributed by atoms with E-state index in [4.69, 9.17) is 0 Å². The van der Waals surface area contributed by atoms with E-state index in [0.717, 1.165) is 23.7 Å². The zero-order chi connectivity index (χ0) is 12.3. The van der Waals surface area contributed by atoms with Crippen molar-refractivity contribution in [2.45, 2.75) is 26.8 Å². The maximum absolute atomic E-state index is 4.59. The first kappa shape index (κ1) is 12.9. The molecule has 0 atom stereocenters. The van der Waals surface area contributed by atoms with Crippen LogP contribution in [0.5, 0.6) is 0 Å². The second kappa shape index (κ2) is 5.89. The third kappa shape index (κ3) is 3.03. The highest BCUT2D eigenvalue weighted by Gasteiger charge is 2.10. The Bertz CT molecular complexity index is 487. The van der Waals surface area contributed by atoms with E-state index < -0.39 is 0 Å². The third-order valence-corrected chi connectivity index (χ3v) is 4.33. The van der Waals surface area contributed by atoms with Crippen molar-refractivity contribution in [3.05, 3.63) is 22.5 Å². The third-order valence-electron chi connectivity index (χ3n) is 2.74. The average Bonchev–Trinajstić information content (AvgIpc) is 2.75. The van der Waals surface area contributed by atoms with Crippen molar-refractivity contribution in [2.75, 3.05) is 18.6 Å². The number of rotatable bonds is 6. The maximum Gasteiger partial charge on any atom is 0.194 e. The molecule has 0 bridgehead atoms. The number of thiazole rings is 1. The van der Waals surface area contributed by atoms with Crippen molar-refractivity contribution in [1.29, 1.82) is 0 Å². The first-order chi connectivity index (χ1) is 8.22. The van der Waals surface area contributed by atoms with Gasteiger partial charge in [-0.15, -0.1) is 11.3 Å². The summed E-state index contributed by atoms with van der Waals surface area (Å²) in [5.74, 6) is 1.23. The van der Waals surface area contributed by atoms with E-state index in [0.29, 0.717) is 0 Å². The Kier molecular flexibility index (Phi) is 4.48. The number of hydrogen-bond donors (Lipinski definition) is 1. The Morgan fingerprint density at radius 2 is 2.29 bits per heavy atom. The molecule has 3 nitrogen and oxygen atoms in total. The zero-order valence-electron chi connectivity index (χ0n) is 10.6. The van der Waals surface area contributed by atoms with Crippen LogP contribution in [-0.4, -0.2) is 27.9 Å². The van der Waals surface area contributed by atoms with Gasteiger partial charge in [0.05, 0.1) is 11.4 Å². The number of fused-ring (bicyclic) bond motifs is 1. The molecule has 17 heavy (non-hydrogen) atoms. The number of nitrogens with one attached hydrogen (secondary N) is 1. The SMILES string of the molecule is CSCCCNCc1c(C)nc2sc(C)cn12. The summed E-state index contributed by atoms with van der Waals surface area (Å²) in [5.41, 5.74) is 2.45. The monoisotopic (exact) mass is 269 g/mol. The van der Waals surface area contributed by atoms with Crippen molar-refractivity contribution in [3.8, 4) is 0 Å². The number of aryl methyl sites for hydroxylation is 2. The molecular formula is C12H19N3S2. The van der Waals surface area contributed by atoms with Crippen LogP contribution in [-0.2, 0) is 6.54 Å². The quantitative estimate of drug-likeness (QED) is 0.818. The van der Waals surface area contributed by atoms with Gasteiger partial charge in [0.25, 0.3) is 0 Å². The summed E-state index contributed by atoms with van der Waals surface area (Å²) in [5, 5.41) is 3.50. The van der Waals surface area contributed by atoms with Crippen LogP contribution in [0.1, 0.15) is 22.7 Å². The molecule has 0 radical (unpaired) electrons. The van der Waals surface area contributed by atoms with E-state index in [-0.39, 0.29) is 0 Å². The van der Waals surface area contributed by atoms with Crippen LogP contribution in [0.25, 0.3) is 4.96 Å². The highest BCUT2D eigenvalue weighted by atomic mass is 32.2. The molecular weight excluding hydrogens is 250 g/mol. The second-order valence-corrected chi connectivity index (χ2v) is 6.36. The lowest BCUT2D eigenvalue weighted by Crippen LogP contribution is -2.17. The average molecular weight is 269 g/mol. The highest BCUT2D eigenvalue weighted by molar-refractivity contribution is 7.98. The topological polar surface area (TPSA) is 29.3 Å². The summed E-state index contributed by atoms with van der Waals surface area (Å²) in [6, 6.07) is 0. The number of hydrogen-bond acceptors (Lipinski definition) is 4. The zero-order valence-corrected chi connectivity index (χ0v) is 12.2. The Labute approximate surface area is 111 Å². The number of thioether (sulfide) groups is 1. The van der Waals surface area contributed by atoms with Crippen LogP contribution in [0.15, 0.2) is 6.20 Å². The Morgan fingerprint density at radius 1 is 1.47 bits per heavy atom.